The van der Waals surface area contributed by atoms with Crippen LogP contribution in [0.1, 0.15) is 15.9 Å². The summed E-state index contributed by atoms with van der Waals surface area (Å²) in [5, 5.41) is 0. The number of benzene rings is 2. The number of hydrogen-bond acceptors (Lipinski definition) is 6. The number of ether oxygens (including phenoxy) is 4. The van der Waals surface area contributed by atoms with Crippen LogP contribution in [0.3, 0.4) is 0 Å². The minimum Gasteiger partial charge on any atom is -0.492 e. The van der Waals surface area contributed by atoms with Crippen molar-refractivity contribution in [2.24, 2.45) is 17.6 Å². The third kappa shape index (κ3) is 3.70. The van der Waals surface area contributed by atoms with E-state index >= 15 is 0 Å². The van der Waals surface area contributed by atoms with E-state index in [2.05, 4.69) is 0 Å². The van der Waals surface area contributed by atoms with Gasteiger partial charge in [-0.3, -0.25) is 4.79 Å². The fraction of sp³-hybridized carbons (Fsp3) is 0.435. The van der Waals surface area contributed by atoms with Crippen molar-refractivity contribution in [1.82, 2.24) is 4.90 Å². The summed E-state index contributed by atoms with van der Waals surface area (Å²) in [6, 6.07) is 8.88. The van der Waals surface area contributed by atoms with Gasteiger partial charge in [-0.1, -0.05) is 12.1 Å². The molecule has 2 aromatic rings. The first-order chi connectivity index (χ1) is 15.3. The van der Waals surface area contributed by atoms with Crippen molar-refractivity contribution >= 4 is 5.91 Å². The zero-order valence-electron chi connectivity index (χ0n) is 18.2. The summed E-state index contributed by atoms with van der Waals surface area (Å²) >= 11 is 0. The van der Waals surface area contributed by atoms with E-state index < -0.39 is 23.7 Å². The molecule has 1 heterocycles. The minimum atomic E-state index is -2.68. The lowest BCUT2D eigenvalue weighted by Gasteiger charge is -2.23. The van der Waals surface area contributed by atoms with Crippen LogP contribution in [0, 0.1) is 11.8 Å². The monoisotopic (exact) mass is 448 g/mol. The van der Waals surface area contributed by atoms with E-state index in [1.807, 2.05) is 12.1 Å². The standard InChI is InChI=1S/C23H26F2N2O5/c1-29-19-15(22(28)27-11-16-17(12-27)23(16,24)25)10-18(20(30-2)21(19)31-3)32-14-6-4-13(5-7-14)8-9-26/h4-7,10,16-17H,8-9,11-12,26H2,1-3H3. The zero-order valence-corrected chi connectivity index (χ0v) is 18.2. The number of amides is 1. The van der Waals surface area contributed by atoms with Crippen molar-refractivity contribution in [3.05, 3.63) is 41.5 Å². The molecule has 1 aliphatic carbocycles. The predicted octanol–water partition coefficient (Wildman–Crippen LogP) is 3.34. The Balaban J connectivity index is 1.68. The molecular weight excluding hydrogens is 422 g/mol. The lowest BCUT2D eigenvalue weighted by molar-refractivity contribution is 0.0456. The third-order valence-electron chi connectivity index (χ3n) is 6.07. The predicted molar refractivity (Wildman–Crippen MR) is 113 cm³/mol. The van der Waals surface area contributed by atoms with E-state index in [4.69, 9.17) is 24.7 Å². The lowest BCUT2D eigenvalue weighted by atomic mass is 10.1. The third-order valence-corrected chi connectivity index (χ3v) is 6.07. The topological polar surface area (TPSA) is 83.3 Å². The Bertz CT molecular complexity index is 998. The van der Waals surface area contributed by atoms with Gasteiger partial charge < -0.3 is 29.6 Å². The van der Waals surface area contributed by atoms with Gasteiger partial charge in [0.1, 0.15) is 5.75 Å². The summed E-state index contributed by atoms with van der Waals surface area (Å²) in [5.41, 5.74) is 6.82. The second-order valence-electron chi connectivity index (χ2n) is 7.90. The van der Waals surface area contributed by atoms with Crippen LogP contribution in [0.5, 0.6) is 28.7 Å². The summed E-state index contributed by atoms with van der Waals surface area (Å²) in [7, 11) is 4.28. The van der Waals surface area contributed by atoms with Gasteiger partial charge in [0.25, 0.3) is 11.8 Å². The summed E-state index contributed by atoms with van der Waals surface area (Å²) in [6.45, 7) is 0.554. The van der Waals surface area contributed by atoms with Crippen molar-refractivity contribution in [3.8, 4) is 28.7 Å². The van der Waals surface area contributed by atoms with E-state index in [9.17, 15) is 13.6 Å². The molecule has 1 aliphatic heterocycles. The Morgan fingerprint density at radius 2 is 1.62 bits per heavy atom. The molecule has 9 heteroatoms. The molecule has 2 atom stereocenters. The number of likely N-dealkylation sites (tertiary alicyclic amines) is 1. The normalized spacial score (nSPS) is 20.5. The Morgan fingerprint density at radius 1 is 1.03 bits per heavy atom. The molecule has 7 nitrogen and oxygen atoms in total. The van der Waals surface area contributed by atoms with Gasteiger partial charge in [0.2, 0.25) is 11.5 Å². The van der Waals surface area contributed by atoms with E-state index in [1.165, 1.54) is 32.3 Å². The van der Waals surface area contributed by atoms with Crippen LogP contribution >= 0.6 is 0 Å². The molecule has 2 fully saturated rings. The average Bonchev–Trinajstić information content (AvgIpc) is 3.12. The maximum absolute atomic E-state index is 13.6. The Morgan fingerprint density at radius 3 is 2.16 bits per heavy atom. The van der Waals surface area contributed by atoms with Gasteiger partial charge >= 0.3 is 0 Å². The maximum Gasteiger partial charge on any atom is 0.258 e. The van der Waals surface area contributed by atoms with Crippen LogP contribution in [-0.2, 0) is 6.42 Å². The number of methoxy groups -OCH3 is 3. The van der Waals surface area contributed by atoms with Gasteiger partial charge in [0.15, 0.2) is 11.5 Å². The van der Waals surface area contributed by atoms with Crippen molar-refractivity contribution in [3.63, 3.8) is 0 Å². The van der Waals surface area contributed by atoms with Crippen molar-refractivity contribution in [2.45, 2.75) is 12.3 Å². The number of carbonyl (C=O) groups excluding carboxylic acids is 1. The fourth-order valence-corrected chi connectivity index (χ4v) is 4.28. The fourth-order valence-electron chi connectivity index (χ4n) is 4.28. The Hall–Kier alpha value is -3.07. The lowest BCUT2D eigenvalue weighted by Crippen LogP contribution is -2.33. The van der Waals surface area contributed by atoms with Gasteiger partial charge in [-0.05, 0) is 30.7 Å². The number of nitrogens with zero attached hydrogens (tertiary/aromatic N) is 1. The minimum absolute atomic E-state index is 0.00674. The molecule has 2 aliphatic rings. The molecular formula is C23H26F2N2O5. The van der Waals surface area contributed by atoms with Gasteiger partial charge in [-0.15, -0.1) is 0 Å². The molecule has 2 N–H and O–H groups in total. The zero-order chi connectivity index (χ0) is 23.0. The number of piperidine rings is 1. The van der Waals surface area contributed by atoms with Gasteiger partial charge in [-0.25, -0.2) is 8.78 Å². The first-order valence-electron chi connectivity index (χ1n) is 10.3. The van der Waals surface area contributed by atoms with Crippen molar-refractivity contribution in [2.75, 3.05) is 41.0 Å². The second kappa shape index (κ2) is 8.46. The van der Waals surface area contributed by atoms with E-state index in [0.717, 1.165) is 12.0 Å². The average molecular weight is 448 g/mol. The summed E-state index contributed by atoms with van der Waals surface area (Å²) in [4.78, 5) is 14.6. The Labute approximate surface area is 185 Å². The highest BCUT2D eigenvalue weighted by Crippen LogP contribution is 2.59. The van der Waals surface area contributed by atoms with Crippen LogP contribution in [0.4, 0.5) is 8.78 Å². The van der Waals surface area contributed by atoms with Crippen molar-refractivity contribution < 1.29 is 32.5 Å². The highest BCUT2D eigenvalue weighted by atomic mass is 19.3. The molecule has 1 saturated carbocycles. The molecule has 1 amide bonds. The number of fused-ring (bicyclic) bond motifs is 1. The van der Waals surface area contributed by atoms with Gasteiger partial charge in [0.05, 0.1) is 38.7 Å². The molecule has 0 spiro atoms. The quantitative estimate of drug-likeness (QED) is 0.667. The maximum atomic E-state index is 13.6. The number of halogens is 2. The highest BCUT2D eigenvalue weighted by molar-refractivity contribution is 5.99. The first kappa shape index (κ1) is 22.1. The molecule has 0 bridgehead atoms. The van der Waals surface area contributed by atoms with Gasteiger partial charge in [0, 0.05) is 19.2 Å². The molecule has 0 radical (unpaired) electrons. The molecule has 0 aromatic heterocycles. The number of carbonyl (C=O) groups is 1. The number of nitrogens with two attached hydrogens (primary N) is 1. The highest BCUT2D eigenvalue weighted by Gasteiger charge is 2.72. The Kier molecular flexibility index (Phi) is 5.85. The van der Waals surface area contributed by atoms with Crippen LogP contribution in [0.25, 0.3) is 0 Å². The summed E-state index contributed by atoms with van der Waals surface area (Å²) < 4.78 is 49.6. The number of hydrogen-bond donors (Lipinski definition) is 1. The van der Waals surface area contributed by atoms with Crippen molar-refractivity contribution in [1.29, 1.82) is 0 Å². The summed E-state index contributed by atoms with van der Waals surface area (Å²) in [6.07, 6.45) is 0.746. The molecule has 2 unspecified atom stereocenters. The van der Waals surface area contributed by atoms with E-state index in [-0.39, 0.29) is 41.7 Å². The van der Waals surface area contributed by atoms with Crippen LogP contribution in [-0.4, -0.2) is 57.7 Å². The molecule has 2 aromatic carbocycles. The SMILES string of the molecule is COc1c(Oc2ccc(CCN)cc2)cc(C(=O)N2CC3C(C2)C3(F)F)c(OC)c1OC. The molecule has 1 saturated heterocycles. The van der Waals surface area contributed by atoms with Crippen LogP contribution < -0.4 is 24.7 Å². The second-order valence-corrected chi connectivity index (χ2v) is 7.90. The number of alkyl halides is 2. The van der Waals surface area contributed by atoms with Crippen LogP contribution in [0.2, 0.25) is 0 Å². The largest absolute Gasteiger partial charge is 0.492 e. The van der Waals surface area contributed by atoms with E-state index in [1.54, 1.807) is 12.1 Å². The van der Waals surface area contributed by atoms with Crippen LogP contribution in [0.15, 0.2) is 30.3 Å². The first-order valence-corrected chi connectivity index (χ1v) is 10.3. The smallest absolute Gasteiger partial charge is 0.258 e. The molecule has 172 valence electrons. The van der Waals surface area contributed by atoms with E-state index in [0.29, 0.717) is 12.3 Å². The number of rotatable bonds is 8. The summed E-state index contributed by atoms with van der Waals surface area (Å²) in [5.74, 6) is -3.29. The molecule has 4 rings (SSSR count). The van der Waals surface area contributed by atoms with Gasteiger partial charge in [-0.2, -0.15) is 0 Å². The molecule has 32 heavy (non-hydrogen) atoms.